The molecular formula is C20H32Cl2Zr. The molecule has 23 heavy (non-hydrogen) atoms. The molecule has 0 radical (unpaired) electrons. The first kappa shape index (κ1) is 28.2. The van der Waals surface area contributed by atoms with Gasteiger partial charge in [0.15, 0.2) is 0 Å². The minimum Gasteiger partial charge on any atom is -1.00 e. The van der Waals surface area contributed by atoms with Crippen LogP contribution >= 0.6 is 0 Å². The van der Waals surface area contributed by atoms with Crippen LogP contribution in [0.4, 0.5) is 0 Å². The predicted molar refractivity (Wildman–Crippen MR) is 92.0 cm³/mol. The largest absolute Gasteiger partial charge is 2.00 e. The predicted octanol–water partition coefficient (Wildman–Crippen LogP) is 0.912. The van der Waals surface area contributed by atoms with Crippen LogP contribution in [0.3, 0.4) is 0 Å². The molecule has 0 nitrogen and oxygen atoms in total. The molecule has 0 saturated heterocycles. The van der Waals surface area contributed by atoms with E-state index in [9.17, 15) is 0 Å². The molecule has 0 aromatic heterocycles. The van der Waals surface area contributed by atoms with Crippen LogP contribution in [0, 0.1) is 0 Å². The van der Waals surface area contributed by atoms with E-state index in [1.54, 1.807) is 11.1 Å². The Morgan fingerprint density at radius 3 is 1.30 bits per heavy atom. The fraction of sp³-hybridized carbons (Fsp3) is 0.600. The second-order valence-electron chi connectivity index (χ2n) is 6.15. The Hall–Kier alpha value is 0.423. The monoisotopic (exact) mass is 432 g/mol. The first-order valence-electron chi connectivity index (χ1n) is 8.38. The molecule has 0 aliphatic heterocycles. The number of unbranched alkanes of at least 4 members (excludes halogenated alkanes) is 2. The average Bonchev–Trinajstić information content (AvgIpc) is 3.03. The van der Waals surface area contributed by atoms with E-state index in [2.05, 4.69) is 52.0 Å². The molecule has 0 atom stereocenters. The van der Waals surface area contributed by atoms with Gasteiger partial charge in [-0.25, -0.2) is 0 Å². The van der Waals surface area contributed by atoms with Crippen LogP contribution in [0.15, 0.2) is 46.6 Å². The first-order chi connectivity index (χ1) is 9.65. The smallest absolute Gasteiger partial charge is 1.00 e. The molecule has 2 rings (SSSR count). The summed E-state index contributed by atoms with van der Waals surface area (Å²) in [6, 6.07) is 0. The van der Waals surface area contributed by atoms with Gasteiger partial charge in [-0.15, -0.1) is 0 Å². The first-order valence-corrected chi connectivity index (χ1v) is 8.38. The average molecular weight is 435 g/mol. The van der Waals surface area contributed by atoms with E-state index in [1.165, 1.54) is 62.5 Å². The van der Waals surface area contributed by atoms with Gasteiger partial charge in [0, 0.05) is 0 Å². The second kappa shape index (κ2) is 17.3. The van der Waals surface area contributed by atoms with Crippen molar-refractivity contribution in [3.05, 3.63) is 46.6 Å². The second-order valence-corrected chi connectivity index (χ2v) is 6.15. The van der Waals surface area contributed by atoms with Gasteiger partial charge >= 0.3 is 26.2 Å². The summed E-state index contributed by atoms with van der Waals surface area (Å²) in [6.45, 7) is 8.89. The Bertz CT molecular complexity index is 377. The van der Waals surface area contributed by atoms with Crippen molar-refractivity contribution in [2.24, 2.45) is 0 Å². The van der Waals surface area contributed by atoms with Gasteiger partial charge in [0.25, 0.3) is 0 Å². The van der Waals surface area contributed by atoms with Crippen molar-refractivity contribution in [1.29, 1.82) is 0 Å². The summed E-state index contributed by atoms with van der Waals surface area (Å²) in [5.41, 5.74) is 6.15. The Kier molecular flexibility index (Phi) is 21.2. The molecule has 0 N–H and O–H groups in total. The molecule has 2 aliphatic carbocycles. The van der Waals surface area contributed by atoms with Gasteiger partial charge in [-0.2, -0.15) is 0 Å². The number of halogens is 2. The van der Waals surface area contributed by atoms with E-state index in [4.69, 9.17) is 0 Å². The van der Waals surface area contributed by atoms with Crippen molar-refractivity contribution in [3.8, 4) is 0 Å². The number of rotatable bonds is 6. The molecule has 130 valence electrons. The molecule has 0 amide bonds. The summed E-state index contributed by atoms with van der Waals surface area (Å²) in [4.78, 5) is 0. The molecule has 0 fully saturated rings. The van der Waals surface area contributed by atoms with Crippen molar-refractivity contribution >= 4 is 0 Å². The zero-order valence-corrected chi connectivity index (χ0v) is 19.2. The third kappa shape index (κ3) is 13.4. The fourth-order valence-corrected chi connectivity index (χ4v) is 2.56. The summed E-state index contributed by atoms with van der Waals surface area (Å²) in [6.07, 6.45) is 19.6. The summed E-state index contributed by atoms with van der Waals surface area (Å²) >= 11 is 0. The molecule has 0 unspecified atom stereocenters. The molecule has 0 heterocycles. The maximum absolute atomic E-state index is 2.35. The van der Waals surface area contributed by atoms with Crippen LogP contribution in [0.1, 0.15) is 79.1 Å². The molecule has 0 saturated carbocycles. The Balaban J connectivity index is -0.000000308. The molecule has 0 aromatic carbocycles. The zero-order valence-electron chi connectivity index (χ0n) is 15.2. The quantitative estimate of drug-likeness (QED) is 0.583. The Labute approximate surface area is 175 Å². The molecule has 0 aromatic rings. The van der Waals surface area contributed by atoms with Gasteiger partial charge in [0.05, 0.1) is 0 Å². The van der Waals surface area contributed by atoms with Crippen molar-refractivity contribution < 1.29 is 51.0 Å². The van der Waals surface area contributed by atoms with E-state index >= 15 is 0 Å². The SMILES string of the molecule is CCCCC1=CCC(C)=C1.CCCCC1=CCC(C)=C1.[Cl-].[Cl-].[Zr+2]. The van der Waals surface area contributed by atoms with E-state index in [-0.39, 0.29) is 51.0 Å². The van der Waals surface area contributed by atoms with E-state index < -0.39 is 0 Å². The van der Waals surface area contributed by atoms with Crippen molar-refractivity contribution in [3.63, 3.8) is 0 Å². The van der Waals surface area contributed by atoms with Crippen LogP contribution in [-0.2, 0) is 26.2 Å². The molecule has 0 bridgehead atoms. The van der Waals surface area contributed by atoms with Crippen molar-refractivity contribution in [2.75, 3.05) is 0 Å². The minimum absolute atomic E-state index is 0. The minimum atomic E-state index is 0. The van der Waals surface area contributed by atoms with E-state index in [0.29, 0.717) is 0 Å². The van der Waals surface area contributed by atoms with E-state index in [0.717, 1.165) is 0 Å². The van der Waals surface area contributed by atoms with Gasteiger partial charge in [-0.1, -0.05) is 73.3 Å². The molecule has 0 spiro atoms. The number of allylic oxidation sites excluding steroid dienone is 8. The van der Waals surface area contributed by atoms with Gasteiger partial charge in [-0.05, 0) is 52.4 Å². The summed E-state index contributed by atoms with van der Waals surface area (Å²) in [5.74, 6) is 0. The summed E-state index contributed by atoms with van der Waals surface area (Å²) in [5, 5.41) is 0. The Morgan fingerprint density at radius 1 is 0.739 bits per heavy atom. The van der Waals surface area contributed by atoms with Crippen LogP contribution < -0.4 is 24.8 Å². The van der Waals surface area contributed by atoms with Gasteiger partial charge < -0.3 is 24.8 Å². The van der Waals surface area contributed by atoms with E-state index in [1.807, 2.05) is 0 Å². The molecule has 2 aliphatic rings. The third-order valence-electron chi connectivity index (χ3n) is 3.87. The Morgan fingerprint density at radius 2 is 1.09 bits per heavy atom. The van der Waals surface area contributed by atoms with Crippen LogP contribution in [0.25, 0.3) is 0 Å². The maximum Gasteiger partial charge on any atom is 2.00 e. The van der Waals surface area contributed by atoms with Crippen LogP contribution in [0.2, 0.25) is 0 Å². The molecule has 3 heteroatoms. The van der Waals surface area contributed by atoms with Gasteiger partial charge in [0.1, 0.15) is 0 Å². The zero-order chi connectivity index (χ0) is 14.8. The summed E-state index contributed by atoms with van der Waals surface area (Å²) in [7, 11) is 0. The fourth-order valence-electron chi connectivity index (χ4n) is 2.56. The maximum atomic E-state index is 2.35. The van der Waals surface area contributed by atoms with Crippen molar-refractivity contribution in [1.82, 2.24) is 0 Å². The normalized spacial score (nSPS) is 14.8. The number of hydrogen-bond donors (Lipinski definition) is 0. The molecular weight excluding hydrogens is 402 g/mol. The van der Waals surface area contributed by atoms with Gasteiger partial charge in [-0.3, -0.25) is 0 Å². The summed E-state index contributed by atoms with van der Waals surface area (Å²) < 4.78 is 0. The topological polar surface area (TPSA) is 0 Å². The third-order valence-corrected chi connectivity index (χ3v) is 3.87. The van der Waals surface area contributed by atoms with Crippen LogP contribution in [0.5, 0.6) is 0 Å². The standard InChI is InChI=1S/2C10H16.2ClH.Zr/c2*1-3-4-5-10-7-6-9(2)8-10;;;/h2*7-8H,3-6H2,1-2H3;2*1H;/q;;;;+2/p-2. The van der Waals surface area contributed by atoms with Gasteiger partial charge in [0.2, 0.25) is 0 Å². The van der Waals surface area contributed by atoms with Crippen molar-refractivity contribution in [2.45, 2.75) is 79.1 Å². The number of hydrogen-bond acceptors (Lipinski definition) is 0. The van der Waals surface area contributed by atoms with Crippen LogP contribution in [-0.4, -0.2) is 0 Å².